The van der Waals surface area contributed by atoms with Gasteiger partial charge < -0.3 is 10.1 Å². The van der Waals surface area contributed by atoms with Gasteiger partial charge in [-0.2, -0.15) is 0 Å². The zero-order valence-electron chi connectivity index (χ0n) is 12.9. The van der Waals surface area contributed by atoms with Crippen LogP contribution in [0.4, 0.5) is 5.69 Å². The third kappa shape index (κ3) is 5.34. The van der Waals surface area contributed by atoms with Crippen molar-refractivity contribution in [2.45, 2.75) is 12.7 Å². The smallest absolute Gasteiger partial charge is 0.234 e. The molecule has 1 N–H and O–H groups in total. The van der Waals surface area contributed by atoms with E-state index in [4.69, 9.17) is 27.9 Å². The van der Waals surface area contributed by atoms with Gasteiger partial charge in [-0.25, -0.2) is 0 Å². The lowest BCUT2D eigenvalue weighted by Crippen LogP contribution is -2.15. The summed E-state index contributed by atoms with van der Waals surface area (Å²) in [5, 5.41) is 4.17. The van der Waals surface area contributed by atoms with Gasteiger partial charge in [0.2, 0.25) is 5.91 Å². The molecule has 3 nitrogen and oxygen atoms in total. The monoisotopic (exact) mass is 369 g/mol. The highest BCUT2D eigenvalue weighted by Crippen LogP contribution is 2.31. The number of benzene rings is 2. The van der Waals surface area contributed by atoms with Crippen molar-refractivity contribution in [3.05, 3.63) is 57.6 Å². The number of halogens is 2. The number of methoxy groups -OCH3 is 1. The van der Waals surface area contributed by atoms with Gasteiger partial charge in [0.25, 0.3) is 0 Å². The third-order valence-electron chi connectivity index (χ3n) is 3.15. The predicted molar refractivity (Wildman–Crippen MR) is 99.0 cm³/mol. The number of amides is 1. The molecule has 0 aromatic heterocycles. The van der Waals surface area contributed by atoms with Crippen molar-refractivity contribution in [1.82, 2.24) is 0 Å². The van der Waals surface area contributed by atoms with Gasteiger partial charge in [0.05, 0.1) is 18.6 Å². The van der Waals surface area contributed by atoms with Crippen molar-refractivity contribution in [3.8, 4) is 5.75 Å². The Hall–Kier alpha value is -1.36. The summed E-state index contributed by atoms with van der Waals surface area (Å²) in [6, 6.07) is 11.1. The molecule has 6 heteroatoms. The van der Waals surface area contributed by atoms with Gasteiger partial charge in [-0.05, 0) is 36.2 Å². The molecule has 2 aromatic carbocycles. The first-order valence-corrected chi connectivity index (χ1v) is 8.87. The van der Waals surface area contributed by atoms with Crippen LogP contribution in [0.25, 0.3) is 0 Å². The van der Waals surface area contributed by atoms with Gasteiger partial charge in [0.15, 0.2) is 0 Å². The molecule has 0 spiro atoms. The molecule has 2 rings (SSSR count). The second-order valence-corrected chi connectivity index (χ2v) is 6.80. The molecule has 1 amide bonds. The lowest BCUT2D eigenvalue weighted by molar-refractivity contribution is -0.113. The maximum absolute atomic E-state index is 12.1. The van der Waals surface area contributed by atoms with E-state index in [0.29, 0.717) is 27.2 Å². The Balaban J connectivity index is 1.91. The van der Waals surface area contributed by atoms with Crippen LogP contribution in [0, 0.1) is 6.92 Å². The first-order chi connectivity index (χ1) is 11.0. The first kappa shape index (κ1) is 18.0. The van der Waals surface area contributed by atoms with Crippen molar-refractivity contribution < 1.29 is 9.53 Å². The summed E-state index contributed by atoms with van der Waals surface area (Å²) >= 11 is 13.5. The highest BCUT2D eigenvalue weighted by atomic mass is 35.5. The number of carbonyl (C=O) groups excluding carboxylic acids is 1. The predicted octanol–water partition coefficient (Wildman–Crippen LogP) is 5.18. The fraction of sp³-hybridized carbons (Fsp3) is 0.235. The number of thioether (sulfide) groups is 1. The van der Waals surface area contributed by atoms with Crippen molar-refractivity contribution in [1.29, 1.82) is 0 Å². The lowest BCUT2D eigenvalue weighted by Gasteiger charge is -2.12. The molecule has 0 heterocycles. The Labute approximate surface area is 150 Å². The molecular formula is C17H17Cl2NO2S. The van der Waals surface area contributed by atoms with Gasteiger partial charge >= 0.3 is 0 Å². The molecule has 0 atom stereocenters. The Morgan fingerprint density at radius 3 is 2.74 bits per heavy atom. The van der Waals surface area contributed by atoms with E-state index in [-0.39, 0.29) is 5.91 Å². The molecule has 0 fully saturated rings. The largest absolute Gasteiger partial charge is 0.495 e. The number of anilines is 1. The van der Waals surface area contributed by atoms with E-state index in [1.54, 1.807) is 19.2 Å². The van der Waals surface area contributed by atoms with Crippen LogP contribution in [-0.4, -0.2) is 18.8 Å². The summed E-state index contributed by atoms with van der Waals surface area (Å²) in [7, 11) is 1.55. The fourth-order valence-electron chi connectivity index (χ4n) is 2.00. The molecule has 2 aromatic rings. The minimum atomic E-state index is -0.0861. The molecule has 122 valence electrons. The van der Waals surface area contributed by atoms with E-state index in [2.05, 4.69) is 5.32 Å². The normalized spacial score (nSPS) is 10.4. The SMILES string of the molecule is COc1cc(Cl)c(C)cc1NC(=O)CSCc1cccc(Cl)c1. The summed E-state index contributed by atoms with van der Waals surface area (Å²) in [5.74, 6) is 1.54. The molecule has 0 bridgehead atoms. The molecular weight excluding hydrogens is 353 g/mol. The second-order valence-electron chi connectivity index (χ2n) is 4.97. The van der Waals surface area contributed by atoms with E-state index in [0.717, 1.165) is 16.9 Å². The molecule has 0 saturated heterocycles. The Bertz CT molecular complexity index is 707. The summed E-state index contributed by atoms with van der Waals surface area (Å²) in [4.78, 5) is 12.1. The van der Waals surface area contributed by atoms with Crippen LogP contribution in [0.1, 0.15) is 11.1 Å². The highest BCUT2D eigenvalue weighted by Gasteiger charge is 2.10. The zero-order chi connectivity index (χ0) is 16.8. The van der Waals surface area contributed by atoms with Crippen LogP contribution in [0.15, 0.2) is 36.4 Å². The number of aryl methyl sites for hydroxylation is 1. The quantitative estimate of drug-likeness (QED) is 0.761. The lowest BCUT2D eigenvalue weighted by atomic mass is 10.2. The number of hydrogen-bond donors (Lipinski definition) is 1. The van der Waals surface area contributed by atoms with Gasteiger partial charge in [-0.1, -0.05) is 35.3 Å². The summed E-state index contributed by atoms with van der Waals surface area (Å²) < 4.78 is 5.25. The fourth-order valence-corrected chi connectivity index (χ4v) is 3.15. The Morgan fingerprint density at radius 1 is 1.26 bits per heavy atom. The van der Waals surface area contributed by atoms with Gasteiger partial charge in [-0.15, -0.1) is 11.8 Å². The van der Waals surface area contributed by atoms with Crippen LogP contribution in [0.2, 0.25) is 10.0 Å². The van der Waals surface area contributed by atoms with Crippen molar-refractivity contribution >= 4 is 46.6 Å². The molecule has 0 aliphatic heterocycles. The molecule has 0 radical (unpaired) electrons. The zero-order valence-corrected chi connectivity index (χ0v) is 15.2. The maximum atomic E-state index is 12.1. The number of rotatable bonds is 6. The number of nitrogens with one attached hydrogen (secondary N) is 1. The van der Waals surface area contributed by atoms with Crippen molar-refractivity contribution in [2.75, 3.05) is 18.2 Å². The van der Waals surface area contributed by atoms with Crippen LogP contribution in [0.5, 0.6) is 5.75 Å². The number of hydrogen-bond acceptors (Lipinski definition) is 3. The number of ether oxygens (including phenoxy) is 1. The van der Waals surface area contributed by atoms with Crippen LogP contribution in [0.3, 0.4) is 0 Å². The van der Waals surface area contributed by atoms with Crippen LogP contribution >= 0.6 is 35.0 Å². The molecule has 0 unspecified atom stereocenters. The van der Waals surface area contributed by atoms with E-state index in [1.807, 2.05) is 31.2 Å². The molecule has 0 aliphatic carbocycles. The standard InChI is InChI=1S/C17H17Cl2NO2S/c1-11-6-15(16(22-2)8-14(11)19)20-17(21)10-23-9-12-4-3-5-13(18)7-12/h3-8H,9-10H2,1-2H3,(H,20,21). The van der Waals surface area contributed by atoms with Gasteiger partial charge in [0, 0.05) is 21.9 Å². The topological polar surface area (TPSA) is 38.3 Å². The van der Waals surface area contributed by atoms with Crippen LogP contribution < -0.4 is 10.1 Å². The van der Waals surface area contributed by atoms with E-state index in [1.165, 1.54) is 11.8 Å². The second kappa shape index (κ2) is 8.48. The average Bonchev–Trinajstić information content (AvgIpc) is 2.50. The van der Waals surface area contributed by atoms with Crippen molar-refractivity contribution in [2.24, 2.45) is 0 Å². The van der Waals surface area contributed by atoms with Gasteiger partial charge in [0.1, 0.15) is 5.75 Å². The molecule has 0 aliphatic rings. The van der Waals surface area contributed by atoms with Crippen LogP contribution in [-0.2, 0) is 10.5 Å². The minimum Gasteiger partial charge on any atom is -0.495 e. The summed E-state index contributed by atoms with van der Waals surface area (Å²) in [6.07, 6.45) is 0. The van der Waals surface area contributed by atoms with E-state index >= 15 is 0 Å². The van der Waals surface area contributed by atoms with Crippen molar-refractivity contribution in [3.63, 3.8) is 0 Å². The highest BCUT2D eigenvalue weighted by molar-refractivity contribution is 7.99. The summed E-state index contributed by atoms with van der Waals surface area (Å²) in [6.45, 7) is 1.88. The third-order valence-corrected chi connectivity index (χ3v) is 4.79. The number of carbonyl (C=O) groups is 1. The molecule has 23 heavy (non-hydrogen) atoms. The van der Waals surface area contributed by atoms with E-state index in [9.17, 15) is 4.79 Å². The minimum absolute atomic E-state index is 0.0861. The van der Waals surface area contributed by atoms with E-state index < -0.39 is 0 Å². The first-order valence-electron chi connectivity index (χ1n) is 6.95. The Kier molecular flexibility index (Phi) is 6.63. The average molecular weight is 370 g/mol. The summed E-state index contributed by atoms with van der Waals surface area (Å²) in [5.41, 5.74) is 2.60. The van der Waals surface area contributed by atoms with Gasteiger partial charge in [-0.3, -0.25) is 4.79 Å². The maximum Gasteiger partial charge on any atom is 0.234 e. The Morgan fingerprint density at radius 2 is 2.04 bits per heavy atom. The molecule has 0 saturated carbocycles.